The van der Waals surface area contributed by atoms with Crippen molar-refractivity contribution in [2.45, 2.75) is 48.5 Å². The molecule has 4 heteroatoms. The Balaban J connectivity index is 0.00000249. The molecule has 0 aromatic heterocycles. The number of benzene rings is 2. The summed E-state index contributed by atoms with van der Waals surface area (Å²) in [6.07, 6.45) is 2.02. The van der Waals surface area contributed by atoms with Crippen LogP contribution < -0.4 is 16.0 Å². The molecule has 0 amide bonds. The first-order valence-corrected chi connectivity index (χ1v) is 10.9. The molecule has 3 nitrogen and oxygen atoms in total. The van der Waals surface area contributed by atoms with Gasteiger partial charge < -0.3 is 16.0 Å². The van der Waals surface area contributed by atoms with E-state index in [0.29, 0.717) is 17.2 Å². The molecule has 0 fully saturated rings. The second kappa shape index (κ2) is 11.9. The van der Waals surface area contributed by atoms with E-state index in [4.69, 9.17) is 0 Å². The Hall–Kier alpha value is -3.27. The van der Waals surface area contributed by atoms with Gasteiger partial charge in [-0.2, -0.15) is 0 Å². The van der Waals surface area contributed by atoms with Crippen LogP contribution in [0.15, 0.2) is 85.4 Å². The standard InChI is InChI=1S/C26H32FN3.C2H6/c1-17-9-14-25(24(27)15-17)29-20(4)22-10-12-23(13-11-22)30-21(5)28-19(3)16-18(2)26(6,7)8;1-2/h9-16,28-30H,3-5H2,1-2,6-8H3;1-2H3/b18-16+;. The van der Waals surface area contributed by atoms with Crippen LogP contribution in [0.4, 0.5) is 15.8 Å². The fourth-order valence-corrected chi connectivity index (χ4v) is 2.62. The Morgan fingerprint density at radius 3 is 2.06 bits per heavy atom. The van der Waals surface area contributed by atoms with Crippen LogP contribution in [-0.2, 0) is 0 Å². The largest absolute Gasteiger partial charge is 0.353 e. The highest BCUT2D eigenvalue weighted by atomic mass is 19.1. The average molecular weight is 436 g/mol. The normalized spacial score (nSPS) is 11.1. The summed E-state index contributed by atoms with van der Waals surface area (Å²) in [6, 6.07) is 12.7. The van der Waals surface area contributed by atoms with Crippen molar-refractivity contribution in [2.75, 3.05) is 10.6 Å². The quantitative estimate of drug-likeness (QED) is 0.366. The molecule has 0 aliphatic heterocycles. The summed E-state index contributed by atoms with van der Waals surface area (Å²) in [5.74, 6) is 0.331. The molecule has 2 aromatic rings. The maximum absolute atomic E-state index is 14.0. The van der Waals surface area contributed by atoms with E-state index in [1.54, 1.807) is 6.07 Å². The first-order chi connectivity index (χ1) is 15.0. The molecule has 2 rings (SSSR count). The Labute approximate surface area is 193 Å². The topological polar surface area (TPSA) is 36.1 Å². The van der Waals surface area contributed by atoms with E-state index in [9.17, 15) is 4.39 Å². The Morgan fingerprint density at radius 2 is 1.53 bits per heavy atom. The Kier molecular flexibility index (Phi) is 9.99. The average Bonchev–Trinajstić information content (AvgIpc) is 2.71. The minimum absolute atomic E-state index is 0.0904. The Morgan fingerprint density at radius 1 is 0.938 bits per heavy atom. The SMILES string of the molecule is C=C(/C=C(\C)C(C)(C)C)NC(=C)Nc1ccc(C(=C)Nc2ccc(C)cc2F)cc1.CC. The van der Waals surface area contributed by atoms with Crippen molar-refractivity contribution >= 4 is 17.1 Å². The number of hydrogen-bond acceptors (Lipinski definition) is 3. The summed E-state index contributed by atoms with van der Waals surface area (Å²) in [5, 5.41) is 9.41. The van der Waals surface area contributed by atoms with E-state index in [0.717, 1.165) is 22.5 Å². The predicted molar refractivity (Wildman–Crippen MR) is 140 cm³/mol. The zero-order valence-corrected chi connectivity index (χ0v) is 20.6. The van der Waals surface area contributed by atoms with Gasteiger partial charge >= 0.3 is 0 Å². The van der Waals surface area contributed by atoms with Crippen molar-refractivity contribution < 1.29 is 4.39 Å². The zero-order chi connectivity index (χ0) is 24.5. The molecule has 0 bridgehead atoms. The van der Waals surface area contributed by atoms with Gasteiger partial charge in [0.2, 0.25) is 0 Å². The molecular formula is C28H38FN3. The number of hydrogen-bond donors (Lipinski definition) is 3. The molecule has 0 aliphatic rings. The second-order valence-electron chi connectivity index (χ2n) is 8.50. The van der Waals surface area contributed by atoms with Crippen molar-refractivity contribution in [3.63, 3.8) is 0 Å². The van der Waals surface area contributed by atoms with Gasteiger partial charge in [0.1, 0.15) is 11.6 Å². The van der Waals surface area contributed by atoms with Gasteiger partial charge in [0.25, 0.3) is 0 Å². The van der Waals surface area contributed by atoms with Gasteiger partial charge in [-0.25, -0.2) is 4.39 Å². The third-order valence-corrected chi connectivity index (χ3v) is 4.82. The first-order valence-electron chi connectivity index (χ1n) is 10.9. The van der Waals surface area contributed by atoms with Gasteiger partial charge in [-0.15, -0.1) is 0 Å². The first kappa shape index (κ1) is 26.8. The predicted octanol–water partition coefficient (Wildman–Crippen LogP) is 8.22. The van der Waals surface area contributed by atoms with Crippen molar-refractivity contribution in [3.05, 3.63) is 102 Å². The lowest BCUT2D eigenvalue weighted by molar-refractivity contribution is 0.503. The summed E-state index contributed by atoms with van der Waals surface area (Å²) in [7, 11) is 0. The summed E-state index contributed by atoms with van der Waals surface area (Å²) in [4.78, 5) is 0. The third-order valence-electron chi connectivity index (χ3n) is 4.82. The number of anilines is 2. The van der Waals surface area contributed by atoms with E-state index in [1.165, 1.54) is 11.6 Å². The van der Waals surface area contributed by atoms with Gasteiger partial charge in [-0.05, 0) is 60.7 Å². The molecule has 0 saturated heterocycles. The molecule has 0 aliphatic carbocycles. The van der Waals surface area contributed by atoms with E-state index >= 15 is 0 Å². The lowest BCUT2D eigenvalue weighted by Crippen LogP contribution is -2.17. The van der Waals surface area contributed by atoms with E-state index in [2.05, 4.69) is 63.4 Å². The highest BCUT2D eigenvalue weighted by Crippen LogP contribution is 2.25. The highest BCUT2D eigenvalue weighted by molar-refractivity contribution is 5.76. The van der Waals surface area contributed by atoms with Crippen LogP contribution in [0.5, 0.6) is 0 Å². The van der Waals surface area contributed by atoms with Crippen molar-refractivity contribution in [1.82, 2.24) is 5.32 Å². The molecule has 0 atom stereocenters. The summed E-state index contributed by atoms with van der Waals surface area (Å²) < 4.78 is 14.0. The molecule has 0 heterocycles. The van der Waals surface area contributed by atoms with Crippen molar-refractivity contribution in [2.24, 2.45) is 5.41 Å². The van der Waals surface area contributed by atoms with Crippen LogP contribution in [0.25, 0.3) is 5.70 Å². The zero-order valence-electron chi connectivity index (χ0n) is 20.6. The fourth-order valence-electron chi connectivity index (χ4n) is 2.62. The number of allylic oxidation sites excluding steroid dienone is 2. The monoisotopic (exact) mass is 435 g/mol. The number of rotatable bonds is 8. The number of aryl methyl sites for hydroxylation is 1. The molecule has 0 saturated carbocycles. The molecule has 3 N–H and O–H groups in total. The van der Waals surface area contributed by atoms with Gasteiger partial charge in [0.15, 0.2) is 0 Å². The van der Waals surface area contributed by atoms with Crippen LogP contribution >= 0.6 is 0 Å². The van der Waals surface area contributed by atoms with Crippen LogP contribution in [0.3, 0.4) is 0 Å². The number of halogens is 1. The second-order valence-corrected chi connectivity index (χ2v) is 8.50. The minimum Gasteiger partial charge on any atom is -0.353 e. The lowest BCUT2D eigenvalue weighted by atomic mass is 9.87. The third kappa shape index (κ3) is 8.46. The highest BCUT2D eigenvalue weighted by Gasteiger charge is 2.12. The van der Waals surface area contributed by atoms with Gasteiger partial charge in [0.05, 0.1) is 5.69 Å². The molecule has 32 heavy (non-hydrogen) atoms. The fraction of sp³-hybridized carbons (Fsp3) is 0.286. The lowest BCUT2D eigenvalue weighted by Gasteiger charge is -2.20. The summed E-state index contributed by atoms with van der Waals surface area (Å²) >= 11 is 0. The van der Waals surface area contributed by atoms with Crippen LogP contribution in [0, 0.1) is 18.2 Å². The van der Waals surface area contributed by atoms with Crippen LogP contribution in [0.1, 0.15) is 52.7 Å². The molecule has 0 radical (unpaired) electrons. The molecule has 172 valence electrons. The smallest absolute Gasteiger partial charge is 0.146 e. The van der Waals surface area contributed by atoms with Gasteiger partial charge in [0, 0.05) is 17.1 Å². The van der Waals surface area contributed by atoms with Crippen LogP contribution in [0.2, 0.25) is 0 Å². The molecular weight excluding hydrogens is 397 g/mol. The minimum atomic E-state index is -0.298. The maximum Gasteiger partial charge on any atom is 0.146 e. The molecule has 0 unspecified atom stereocenters. The summed E-state index contributed by atoms with van der Waals surface area (Å²) in [6.45, 7) is 26.5. The van der Waals surface area contributed by atoms with Crippen molar-refractivity contribution in [1.29, 1.82) is 0 Å². The van der Waals surface area contributed by atoms with E-state index in [1.807, 2.05) is 57.2 Å². The molecule has 2 aromatic carbocycles. The Bertz CT molecular complexity index is 977. The van der Waals surface area contributed by atoms with Gasteiger partial charge in [-0.3, -0.25) is 0 Å². The molecule has 0 spiro atoms. The summed E-state index contributed by atoms with van der Waals surface area (Å²) in [5.41, 5.74) is 5.73. The van der Waals surface area contributed by atoms with E-state index < -0.39 is 0 Å². The van der Waals surface area contributed by atoms with E-state index in [-0.39, 0.29) is 11.2 Å². The van der Waals surface area contributed by atoms with Crippen molar-refractivity contribution in [3.8, 4) is 0 Å². The number of nitrogens with one attached hydrogen (secondary N) is 3. The maximum atomic E-state index is 14.0. The van der Waals surface area contributed by atoms with Crippen LogP contribution in [-0.4, -0.2) is 0 Å². The van der Waals surface area contributed by atoms with Gasteiger partial charge in [-0.1, -0.05) is 78.1 Å².